The normalized spacial score (nSPS) is 15.8. The molecule has 2 rings (SSSR count). The summed E-state index contributed by atoms with van der Waals surface area (Å²) >= 11 is 0. The molecule has 1 aromatic carbocycles. The zero-order valence-electron chi connectivity index (χ0n) is 16.0. The summed E-state index contributed by atoms with van der Waals surface area (Å²) in [5.74, 6) is -1.95. The highest BCUT2D eigenvalue weighted by molar-refractivity contribution is 6.18. The third-order valence-electron chi connectivity index (χ3n) is 3.90. The predicted molar refractivity (Wildman–Crippen MR) is 103 cm³/mol. The van der Waals surface area contributed by atoms with Crippen molar-refractivity contribution in [1.29, 1.82) is 0 Å². The summed E-state index contributed by atoms with van der Waals surface area (Å²) < 4.78 is 15.7. The number of ether oxygens (including phenoxy) is 3. The van der Waals surface area contributed by atoms with Crippen LogP contribution in [0.2, 0.25) is 0 Å². The van der Waals surface area contributed by atoms with E-state index in [1.54, 1.807) is 19.2 Å². The highest BCUT2D eigenvalue weighted by atomic mass is 16.7. The Labute approximate surface area is 159 Å². The Balaban J connectivity index is 2.33. The molecule has 0 spiro atoms. The molecule has 0 unspecified atom stereocenters. The fourth-order valence-electron chi connectivity index (χ4n) is 2.77. The number of cyclic esters (lactones) is 2. The molecule has 0 saturated carbocycles. The van der Waals surface area contributed by atoms with Gasteiger partial charge in [-0.3, -0.25) is 4.90 Å². The lowest BCUT2D eigenvalue weighted by Gasteiger charge is -2.29. The first-order valence-corrected chi connectivity index (χ1v) is 8.59. The van der Waals surface area contributed by atoms with Crippen LogP contribution in [0.3, 0.4) is 0 Å². The molecule has 1 aromatic rings. The summed E-state index contributed by atoms with van der Waals surface area (Å²) in [5.41, 5.74) is 1.44. The van der Waals surface area contributed by atoms with Crippen LogP contribution in [0, 0.1) is 0 Å². The summed E-state index contributed by atoms with van der Waals surface area (Å²) in [6.07, 6.45) is 5.10. The summed E-state index contributed by atoms with van der Waals surface area (Å²) in [5, 5.41) is 0. The van der Waals surface area contributed by atoms with Gasteiger partial charge in [-0.05, 0) is 23.8 Å². The molecule has 0 aromatic heterocycles. The van der Waals surface area contributed by atoms with Gasteiger partial charge in [0.15, 0.2) is 0 Å². The minimum atomic E-state index is -1.26. The minimum Gasteiger partial charge on any atom is -0.496 e. The maximum Gasteiger partial charge on any atom is 0.348 e. The Kier molecular flexibility index (Phi) is 6.58. The van der Waals surface area contributed by atoms with Crippen LogP contribution in [0.1, 0.15) is 25.0 Å². The molecule has 0 atom stereocenters. The van der Waals surface area contributed by atoms with Gasteiger partial charge in [0.25, 0.3) is 5.79 Å². The molecular weight excluding hydrogens is 346 g/mol. The first kappa shape index (κ1) is 20.5. The van der Waals surface area contributed by atoms with E-state index in [2.05, 4.69) is 18.1 Å². The molecule has 1 aliphatic rings. The van der Waals surface area contributed by atoms with Gasteiger partial charge in [-0.1, -0.05) is 18.2 Å². The number of esters is 2. The fraction of sp³-hybridized carbons (Fsp3) is 0.333. The Bertz CT molecular complexity index is 747. The first-order chi connectivity index (χ1) is 12.8. The zero-order valence-corrected chi connectivity index (χ0v) is 16.0. The summed E-state index contributed by atoms with van der Waals surface area (Å²) in [7, 11) is 1.60. The van der Waals surface area contributed by atoms with Gasteiger partial charge in [0.2, 0.25) is 0 Å². The Hall–Kier alpha value is -2.86. The predicted octanol–water partition coefficient (Wildman–Crippen LogP) is 3.09. The van der Waals surface area contributed by atoms with Gasteiger partial charge in [-0.25, -0.2) is 9.59 Å². The van der Waals surface area contributed by atoms with Crippen molar-refractivity contribution < 1.29 is 23.8 Å². The van der Waals surface area contributed by atoms with Crippen molar-refractivity contribution in [3.63, 3.8) is 0 Å². The topological polar surface area (TPSA) is 65.1 Å². The van der Waals surface area contributed by atoms with E-state index in [4.69, 9.17) is 14.2 Å². The summed E-state index contributed by atoms with van der Waals surface area (Å²) in [4.78, 5) is 26.4. The van der Waals surface area contributed by atoms with E-state index in [1.165, 1.54) is 19.9 Å². The molecule has 27 heavy (non-hydrogen) atoms. The molecule has 0 N–H and O–H groups in total. The van der Waals surface area contributed by atoms with Crippen LogP contribution in [-0.4, -0.2) is 42.8 Å². The van der Waals surface area contributed by atoms with Gasteiger partial charge in [0.05, 0.1) is 7.11 Å². The molecule has 6 nitrogen and oxygen atoms in total. The monoisotopic (exact) mass is 371 g/mol. The average Bonchev–Trinajstić information content (AvgIpc) is 2.58. The van der Waals surface area contributed by atoms with Gasteiger partial charge >= 0.3 is 11.9 Å². The second-order valence-corrected chi connectivity index (χ2v) is 6.58. The average molecular weight is 371 g/mol. The van der Waals surface area contributed by atoms with Crippen LogP contribution in [0.5, 0.6) is 5.75 Å². The second kappa shape index (κ2) is 8.68. The number of hydrogen-bond acceptors (Lipinski definition) is 6. The van der Waals surface area contributed by atoms with Crippen LogP contribution in [0.15, 0.2) is 49.1 Å². The van der Waals surface area contributed by atoms with Gasteiger partial charge in [-0.2, -0.15) is 0 Å². The molecule has 1 fully saturated rings. The van der Waals surface area contributed by atoms with Crippen LogP contribution in [0.25, 0.3) is 6.08 Å². The van der Waals surface area contributed by atoms with Gasteiger partial charge in [0, 0.05) is 39.0 Å². The van der Waals surface area contributed by atoms with E-state index in [1.807, 2.05) is 18.2 Å². The maximum atomic E-state index is 12.1. The van der Waals surface area contributed by atoms with E-state index >= 15 is 0 Å². The van der Waals surface area contributed by atoms with Gasteiger partial charge in [-0.15, -0.1) is 13.2 Å². The lowest BCUT2D eigenvalue weighted by Crippen LogP contribution is -2.41. The van der Waals surface area contributed by atoms with Crippen molar-refractivity contribution in [1.82, 2.24) is 4.90 Å². The van der Waals surface area contributed by atoms with Crippen LogP contribution in [0.4, 0.5) is 0 Å². The summed E-state index contributed by atoms with van der Waals surface area (Å²) in [6.45, 7) is 12.5. The fourth-order valence-corrected chi connectivity index (χ4v) is 2.77. The maximum absolute atomic E-state index is 12.1. The van der Waals surface area contributed by atoms with Crippen molar-refractivity contribution in [2.45, 2.75) is 26.2 Å². The highest BCUT2D eigenvalue weighted by Crippen LogP contribution is 2.27. The van der Waals surface area contributed by atoms with Crippen molar-refractivity contribution >= 4 is 18.0 Å². The van der Waals surface area contributed by atoms with Crippen molar-refractivity contribution in [3.8, 4) is 5.75 Å². The van der Waals surface area contributed by atoms with Gasteiger partial charge in [0.1, 0.15) is 11.3 Å². The standard InChI is InChI=1S/C21H25NO5/c1-6-10-22(11-7-2)14-16-12-15(8-9-18(16)25-5)13-17-19(23)26-21(3,4)27-20(17)24/h6-9,12-13H,1-2,10-11,14H2,3-5H3. The number of rotatable bonds is 8. The van der Waals surface area contributed by atoms with Crippen LogP contribution in [-0.2, 0) is 25.6 Å². The Morgan fingerprint density at radius 2 is 1.70 bits per heavy atom. The molecule has 1 saturated heterocycles. The molecule has 6 heteroatoms. The number of carbonyl (C=O) groups excluding carboxylic acids is 2. The highest BCUT2D eigenvalue weighted by Gasteiger charge is 2.38. The zero-order chi connectivity index (χ0) is 20.0. The van der Waals surface area contributed by atoms with Crippen LogP contribution < -0.4 is 4.74 Å². The number of benzene rings is 1. The van der Waals surface area contributed by atoms with Crippen molar-refractivity contribution in [2.75, 3.05) is 20.2 Å². The van der Waals surface area contributed by atoms with E-state index in [9.17, 15) is 9.59 Å². The molecule has 0 bridgehead atoms. The van der Waals surface area contributed by atoms with E-state index in [0.717, 1.165) is 5.56 Å². The Morgan fingerprint density at radius 3 is 2.22 bits per heavy atom. The number of hydrogen-bond donors (Lipinski definition) is 0. The van der Waals surface area contributed by atoms with E-state index in [-0.39, 0.29) is 5.57 Å². The third kappa shape index (κ3) is 5.31. The first-order valence-electron chi connectivity index (χ1n) is 8.59. The number of methoxy groups -OCH3 is 1. The molecule has 144 valence electrons. The number of nitrogens with zero attached hydrogens (tertiary/aromatic N) is 1. The quantitative estimate of drug-likeness (QED) is 0.303. The largest absolute Gasteiger partial charge is 0.496 e. The third-order valence-corrected chi connectivity index (χ3v) is 3.90. The molecule has 0 amide bonds. The van der Waals surface area contributed by atoms with Gasteiger partial charge < -0.3 is 14.2 Å². The Morgan fingerprint density at radius 1 is 1.11 bits per heavy atom. The molecule has 0 radical (unpaired) electrons. The van der Waals surface area contributed by atoms with Crippen LogP contribution >= 0.6 is 0 Å². The lowest BCUT2D eigenvalue weighted by molar-refractivity contribution is -0.222. The molecule has 1 aliphatic heterocycles. The smallest absolute Gasteiger partial charge is 0.348 e. The van der Waals surface area contributed by atoms with E-state index in [0.29, 0.717) is 30.9 Å². The second-order valence-electron chi connectivity index (χ2n) is 6.58. The molecule has 1 heterocycles. The molecule has 0 aliphatic carbocycles. The van der Waals surface area contributed by atoms with Crippen molar-refractivity contribution in [2.24, 2.45) is 0 Å². The minimum absolute atomic E-state index is 0.139. The number of carbonyl (C=O) groups is 2. The molecular formula is C21H25NO5. The lowest BCUT2D eigenvalue weighted by atomic mass is 10.1. The van der Waals surface area contributed by atoms with Crippen molar-refractivity contribution in [3.05, 3.63) is 60.2 Å². The SMILES string of the molecule is C=CCN(CC=C)Cc1cc(C=C2C(=O)OC(C)(C)OC2=O)ccc1OC. The van der Waals surface area contributed by atoms with E-state index < -0.39 is 17.7 Å². The summed E-state index contributed by atoms with van der Waals surface area (Å²) in [6, 6.07) is 5.43.